The number of rotatable bonds is 6. The molecular formula is C18H20N4O3. The van der Waals surface area contributed by atoms with Gasteiger partial charge in [0.15, 0.2) is 11.2 Å². The maximum atomic E-state index is 13.0. The summed E-state index contributed by atoms with van der Waals surface area (Å²) in [6, 6.07) is 9.29. The lowest BCUT2D eigenvalue weighted by Gasteiger charge is -2.12. The van der Waals surface area contributed by atoms with Crippen LogP contribution in [0, 0.1) is 5.92 Å². The Kier molecular flexibility index (Phi) is 4.01. The number of fused-ring (bicyclic) bond motifs is 1. The van der Waals surface area contributed by atoms with Crippen LogP contribution in [0.4, 0.5) is 0 Å². The van der Waals surface area contributed by atoms with Crippen LogP contribution in [0.25, 0.3) is 16.9 Å². The number of benzene rings is 1. The number of hydrogen-bond donors (Lipinski definition) is 0. The van der Waals surface area contributed by atoms with E-state index in [4.69, 9.17) is 4.74 Å². The summed E-state index contributed by atoms with van der Waals surface area (Å²) in [4.78, 5) is 30.3. The van der Waals surface area contributed by atoms with E-state index in [9.17, 15) is 9.59 Å². The molecule has 7 nitrogen and oxygen atoms in total. The molecule has 1 aromatic carbocycles. The van der Waals surface area contributed by atoms with Gasteiger partial charge in [-0.25, -0.2) is 14.3 Å². The molecule has 0 bridgehead atoms. The average molecular weight is 340 g/mol. The second-order valence-electron chi connectivity index (χ2n) is 6.42. The first-order valence-electron chi connectivity index (χ1n) is 8.45. The summed E-state index contributed by atoms with van der Waals surface area (Å²) < 4.78 is 9.71. The van der Waals surface area contributed by atoms with E-state index < -0.39 is 5.69 Å². The first-order valence-corrected chi connectivity index (χ1v) is 8.45. The van der Waals surface area contributed by atoms with Gasteiger partial charge in [-0.3, -0.25) is 9.36 Å². The molecular weight excluding hydrogens is 320 g/mol. The van der Waals surface area contributed by atoms with E-state index in [1.807, 2.05) is 34.9 Å². The molecule has 0 aliphatic heterocycles. The Hall–Kier alpha value is -2.67. The van der Waals surface area contributed by atoms with Gasteiger partial charge in [-0.05, 0) is 30.9 Å². The normalized spacial score (nSPS) is 14.3. The number of nitrogens with zero attached hydrogens (tertiary/aromatic N) is 4. The molecule has 3 aromatic rings. The van der Waals surface area contributed by atoms with Crippen LogP contribution < -0.4 is 11.2 Å². The molecule has 130 valence electrons. The van der Waals surface area contributed by atoms with E-state index >= 15 is 0 Å². The second kappa shape index (κ2) is 6.33. The summed E-state index contributed by atoms with van der Waals surface area (Å²) in [5, 5.41) is 0. The van der Waals surface area contributed by atoms with Gasteiger partial charge < -0.3 is 9.30 Å². The molecule has 0 N–H and O–H groups in total. The molecule has 2 heterocycles. The minimum absolute atomic E-state index is 0.214. The molecule has 1 saturated carbocycles. The summed E-state index contributed by atoms with van der Waals surface area (Å²) in [6.45, 7) is 1.28. The van der Waals surface area contributed by atoms with Crippen LogP contribution in [0.3, 0.4) is 0 Å². The number of para-hydroxylation sites is 1. The standard InChI is InChI=1S/C18H20N4O3/c1-25-10-9-21-17(23)15-16(19-12-20(15)11-13-7-8-13)22(18(21)24)14-5-3-2-4-6-14/h2-6,12-13H,7-11H2,1H3. The molecule has 0 spiro atoms. The fourth-order valence-electron chi connectivity index (χ4n) is 3.09. The highest BCUT2D eigenvalue weighted by Gasteiger charge is 2.25. The van der Waals surface area contributed by atoms with Gasteiger partial charge in [0.05, 0.1) is 25.2 Å². The summed E-state index contributed by atoms with van der Waals surface area (Å²) >= 11 is 0. The van der Waals surface area contributed by atoms with E-state index in [0.29, 0.717) is 29.4 Å². The number of imidazole rings is 1. The topological polar surface area (TPSA) is 71.1 Å². The van der Waals surface area contributed by atoms with E-state index in [0.717, 1.165) is 6.54 Å². The smallest absolute Gasteiger partial charge is 0.337 e. The largest absolute Gasteiger partial charge is 0.383 e. The third-order valence-corrected chi connectivity index (χ3v) is 4.59. The molecule has 0 amide bonds. The monoisotopic (exact) mass is 340 g/mol. The van der Waals surface area contributed by atoms with Crippen LogP contribution in [0.2, 0.25) is 0 Å². The molecule has 0 radical (unpaired) electrons. The van der Waals surface area contributed by atoms with Crippen LogP contribution in [0.5, 0.6) is 0 Å². The highest BCUT2D eigenvalue weighted by molar-refractivity contribution is 5.72. The Labute approximate surface area is 144 Å². The molecule has 0 unspecified atom stereocenters. The summed E-state index contributed by atoms with van der Waals surface area (Å²) in [5.41, 5.74) is 0.891. The van der Waals surface area contributed by atoms with Gasteiger partial charge in [0.1, 0.15) is 0 Å². The van der Waals surface area contributed by atoms with Gasteiger partial charge in [0.2, 0.25) is 0 Å². The van der Waals surface area contributed by atoms with E-state index in [1.54, 1.807) is 13.4 Å². The molecule has 1 fully saturated rings. The maximum absolute atomic E-state index is 13.0. The van der Waals surface area contributed by atoms with Gasteiger partial charge in [0.25, 0.3) is 5.56 Å². The van der Waals surface area contributed by atoms with E-state index in [-0.39, 0.29) is 12.1 Å². The van der Waals surface area contributed by atoms with Crippen molar-refractivity contribution >= 4 is 11.2 Å². The Balaban J connectivity index is 2.00. The first-order chi connectivity index (χ1) is 12.2. The summed E-state index contributed by atoms with van der Waals surface area (Å²) in [6.07, 6.45) is 4.02. The number of methoxy groups -OCH3 is 1. The number of aromatic nitrogens is 4. The third-order valence-electron chi connectivity index (χ3n) is 4.59. The van der Waals surface area contributed by atoms with E-state index in [1.165, 1.54) is 22.0 Å². The van der Waals surface area contributed by atoms with Crippen molar-refractivity contribution in [3.8, 4) is 5.69 Å². The SMILES string of the molecule is COCCn1c(=O)c2c(ncn2CC2CC2)n(-c2ccccc2)c1=O. The van der Waals surface area contributed by atoms with Crippen LogP contribution in [0.15, 0.2) is 46.2 Å². The van der Waals surface area contributed by atoms with Crippen molar-refractivity contribution in [2.45, 2.75) is 25.9 Å². The van der Waals surface area contributed by atoms with Gasteiger partial charge in [0, 0.05) is 13.7 Å². The van der Waals surface area contributed by atoms with Crippen molar-refractivity contribution in [1.82, 2.24) is 18.7 Å². The van der Waals surface area contributed by atoms with Crippen molar-refractivity contribution in [3.63, 3.8) is 0 Å². The first kappa shape index (κ1) is 15.8. The van der Waals surface area contributed by atoms with Crippen molar-refractivity contribution in [3.05, 3.63) is 57.5 Å². The molecule has 0 saturated heterocycles. The Morgan fingerprint density at radius 3 is 2.64 bits per heavy atom. The maximum Gasteiger partial charge on any atom is 0.337 e. The van der Waals surface area contributed by atoms with Crippen molar-refractivity contribution in [1.29, 1.82) is 0 Å². The predicted molar refractivity (Wildman–Crippen MR) is 94.2 cm³/mol. The average Bonchev–Trinajstić information content (AvgIpc) is 3.34. The fraction of sp³-hybridized carbons (Fsp3) is 0.389. The third kappa shape index (κ3) is 2.80. The Morgan fingerprint density at radius 2 is 1.96 bits per heavy atom. The predicted octanol–water partition coefficient (Wildman–Crippen LogP) is 1.41. The molecule has 1 aliphatic carbocycles. The summed E-state index contributed by atoms with van der Waals surface area (Å²) in [7, 11) is 1.55. The fourth-order valence-corrected chi connectivity index (χ4v) is 3.09. The Morgan fingerprint density at radius 1 is 1.20 bits per heavy atom. The lowest BCUT2D eigenvalue weighted by molar-refractivity contribution is 0.184. The van der Waals surface area contributed by atoms with Crippen LogP contribution in [-0.4, -0.2) is 32.4 Å². The molecule has 2 aromatic heterocycles. The number of hydrogen-bond acceptors (Lipinski definition) is 4. The van der Waals surface area contributed by atoms with Gasteiger partial charge in [-0.15, -0.1) is 0 Å². The van der Waals surface area contributed by atoms with Gasteiger partial charge in [-0.1, -0.05) is 18.2 Å². The van der Waals surface area contributed by atoms with Crippen molar-refractivity contribution in [2.24, 2.45) is 5.92 Å². The van der Waals surface area contributed by atoms with Crippen LogP contribution in [-0.2, 0) is 17.8 Å². The lowest BCUT2D eigenvalue weighted by Crippen LogP contribution is -2.41. The molecule has 1 aliphatic rings. The zero-order valence-corrected chi connectivity index (χ0v) is 14.1. The van der Waals surface area contributed by atoms with E-state index in [2.05, 4.69) is 4.98 Å². The minimum Gasteiger partial charge on any atom is -0.383 e. The molecule has 0 atom stereocenters. The zero-order valence-electron chi connectivity index (χ0n) is 14.1. The van der Waals surface area contributed by atoms with Crippen molar-refractivity contribution in [2.75, 3.05) is 13.7 Å². The minimum atomic E-state index is -0.391. The quantitative estimate of drug-likeness (QED) is 0.680. The van der Waals surface area contributed by atoms with Crippen LogP contribution in [0.1, 0.15) is 12.8 Å². The summed E-state index contributed by atoms with van der Waals surface area (Å²) in [5.74, 6) is 0.598. The van der Waals surface area contributed by atoms with Gasteiger partial charge in [-0.2, -0.15) is 0 Å². The zero-order chi connectivity index (χ0) is 17.4. The Bertz CT molecular complexity index is 1010. The van der Waals surface area contributed by atoms with Gasteiger partial charge >= 0.3 is 5.69 Å². The highest BCUT2D eigenvalue weighted by Crippen LogP contribution is 2.31. The highest BCUT2D eigenvalue weighted by atomic mass is 16.5. The molecule has 25 heavy (non-hydrogen) atoms. The lowest BCUT2D eigenvalue weighted by atomic mass is 10.3. The number of ether oxygens (including phenoxy) is 1. The second-order valence-corrected chi connectivity index (χ2v) is 6.42. The van der Waals surface area contributed by atoms with Crippen LogP contribution >= 0.6 is 0 Å². The van der Waals surface area contributed by atoms with Crippen molar-refractivity contribution < 1.29 is 4.74 Å². The molecule has 7 heteroatoms. The molecule has 4 rings (SSSR count).